The Bertz CT molecular complexity index is 235. The maximum absolute atomic E-state index is 11.7. The smallest absolute Gasteiger partial charge is 0.223 e. The average Bonchev–Trinajstić information content (AvgIpc) is 2.16. The highest BCUT2D eigenvalue weighted by Crippen LogP contribution is 2.14. The first kappa shape index (κ1) is 14.4. The summed E-state index contributed by atoms with van der Waals surface area (Å²) in [6.07, 6.45) is 1.74. The third-order valence-electron chi connectivity index (χ3n) is 2.73. The lowest BCUT2D eigenvalue weighted by Crippen LogP contribution is -2.43. The highest BCUT2D eigenvalue weighted by Gasteiger charge is 2.23. The van der Waals surface area contributed by atoms with Gasteiger partial charge < -0.3 is 11.1 Å². The fraction of sp³-hybridized carbons (Fsp3) is 0.818. The Labute approximate surface area is 97.8 Å². The van der Waals surface area contributed by atoms with Crippen molar-refractivity contribution in [3.63, 3.8) is 0 Å². The van der Waals surface area contributed by atoms with Crippen LogP contribution in [0.2, 0.25) is 0 Å². The van der Waals surface area contributed by atoms with Crippen LogP contribution in [0, 0.1) is 11.3 Å². The SMILES string of the molecule is CCC(CC)C(=O)NCC(C)(C)C(N)=S. The van der Waals surface area contributed by atoms with Crippen molar-refractivity contribution in [2.75, 3.05) is 6.54 Å². The molecular formula is C11H22N2OS. The van der Waals surface area contributed by atoms with Crippen LogP contribution in [-0.4, -0.2) is 17.4 Å². The van der Waals surface area contributed by atoms with Gasteiger partial charge in [-0.1, -0.05) is 39.9 Å². The van der Waals surface area contributed by atoms with Crippen molar-refractivity contribution >= 4 is 23.1 Å². The Hall–Kier alpha value is -0.640. The van der Waals surface area contributed by atoms with Gasteiger partial charge in [0.25, 0.3) is 0 Å². The molecule has 0 aromatic rings. The van der Waals surface area contributed by atoms with E-state index in [2.05, 4.69) is 5.32 Å². The molecule has 0 radical (unpaired) electrons. The quantitative estimate of drug-likeness (QED) is 0.685. The fourth-order valence-corrected chi connectivity index (χ4v) is 1.27. The molecule has 3 nitrogen and oxygen atoms in total. The van der Waals surface area contributed by atoms with Gasteiger partial charge in [-0.05, 0) is 12.8 Å². The molecule has 0 rings (SSSR count). The fourth-order valence-electron chi connectivity index (χ4n) is 1.20. The van der Waals surface area contributed by atoms with E-state index < -0.39 is 0 Å². The molecule has 15 heavy (non-hydrogen) atoms. The molecule has 0 aromatic carbocycles. The van der Waals surface area contributed by atoms with Crippen molar-refractivity contribution < 1.29 is 4.79 Å². The van der Waals surface area contributed by atoms with Gasteiger partial charge in [0.1, 0.15) is 0 Å². The molecule has 0 unspecified atom stereocenters. The van der Waals surface area contributed by atoms with E-state index in [1.165, 1.54) is 0 Å². The number of nitrogens with two attached hydrogens (primary N) is 1. The number of carbonyl (C=O) groups excluding carboxylic acids is 1. The minimum Gasteiger partial charge on any atom is -0.393 e. The summed E-state index contributed by atoms with van der Waals surface area (Å²) in [4.78, 5) is 12.1. The van der Waals surface area contributed by atoms with E-state index in [4.69, 9.17) is 18.0 Å². The van der Waals surface area contributed by atoms with Crippen LogP contribution in [0.25, 0.3) is 0 Å². The summed E-state index contributed by atoms with van der Waals surface area (Å²) in [6.45, 7) is 8.42. The zero-order valence-corrected chi connectivity index (χ0v) is 10.9. The third kappa shape index (κ3) is 4.60. The molecule has 88 valence electrons. The molecule has 1 amide bonds. The lowest BCUT2D eigenvalue weighted by Gasteiger charge is -2.24. The van der Waals surface area contributed by atoms with Crippen LogP contribution >= 0.6 is 12.2 Å². The van der Waals surface area contributed by atoms with Gasteiger partial charge in [-0.3, -0.25) is 4.79 Å². The highest BCUT2D eigenvalue weighted by atomic mass is 32.1. The van der Waals surface area contributed by atoms with Crippen molar-refractivity contribution in [2.45, 2.75) is 40.5 Å². The Balaban J connectivity index is 4.16. The van der Waals surface area contributed by atoms with Gasteiger partial charge in [-0.2, -0.15) is 0 Å². The van der Waals surface area contributed by atoms with Crippen LogP contribution in [0.3, 0.4) is 0 Å². The number of amides is 1. The number of rotatable bonds is 6. The van der Waals surface area contributed by atoms with Crippen molar-refractivity contribution in [3.8, 4) is 0 Å². The van der Waals surface area contributed by atoms with Crippen molar-refractivity contribution in [1.29, 1.82) is 0 Å². The van der Waals surface area contributed by atoms with Crippen molar-refractivity contribution in [3.05, 3.63) is 0 Å². The summed E-state index contributed by atoms with van der Waals surface area (Å²) in [5, 5.41) is 2.90. The summed E-state index contributed by atoms with van der Waals surface area (Å²) in [5.74, 6) is 0.205. The van der Waals surface area contributed by atoms with Gasteiger partial charge in [0, 0.05) is 17.9 Å². The number of carbonyl (C=O) groups is 1. The number of nitrogens with one attached hydrogen (secondary N) is 1. The molecule has 0 aliphatic carbocycles. The normalized spacial score (nSPS) is 11.5. The zero-order chi connectivity index (χ0) is 12.1. The maximum Gasteiger partial charge on any atom is 0.223 e. The molecule has 0 saturated heterocycles. The summed E-state index contributed by atoms with van der Waals surface area (Å²) >= 11 is 4.93. The van der Waals surface area contributed by atoms with Crippen LogP contribution in [-0.2, 0) is 4.79 Å². The molecule has 3 N–H and O–H groups in total. The second-order valence-electron chi connectivity index (χ2n) is 4.48. The van der Waals surface area contributed by atoms with Crippen LogP contribution < -0.4 is 11.1 Å². The molecule has 0 bridgehead atoms. The van der Waals surface area contributed by atoms with E-state index in [0.717, 1.165) is 12.8 Å². The van der Waals surface area contributed by atoms with Gasteiger partial charge in [0.15, 0.2) is 0 Å². The monoisotopic (exact) mass is 230 g/mol. The largest absolute Gasteiger partial charge is 0.393 e. The van der Waals surface area contributed by atoms with Gasteiger partial charge in [0.2, 0.25) is 5.91 Å². The van der Waals surface area contributed by atoms with Crippen molar-refractivity contribution in [1.82, 2.24) is 5.32 Å². The van der Waals surface area contributed by atoms with E-state index >= 15 is 0 Å². The molecule has 0 aliphatic heterocycles. The van der Waals surface area contributed by atoms with Crippen LogP contribution in [0.4, 0.5) is 0 Å². The van der Waals surface area contributed by atoms with E-state index in [1.54, 1.807) is 0 Å². The standard InChI is InChI=1S/C11H22N2OS/c1-5-8(6-2)9(14)13-7-11(3,4)10(12)15/h8H,5-7H2,1-4H3,(H2,12,15)(H,13,14). The Morgan fingerprint density at radius 1 is 1.40 bits per heavy atom. The first-order chi connectivity index (χ1) is 6.85. The summed E-state index contributed by atoms with van der Waals surface area (Å²) in [5.41, 5.74) is 5.27. The summed E-state index contributed by atoms with van der Waals surface area (Å²) in [6, 6.07) is 0. The average molecular weight is 230 g/mol. The van der Waals surface area contributed by atoms with Gasteiger partial charge in [-0.15, -0.1) is 0 Å². The van der Waals surface area contributed by atoms with Gasteiger partial charge in [-0.25, -0.2) is 0 Å². The third-order valence-corrected chi connectivity index (χ3v) is 3.28. The Morgan fingerprint density at radius 2 is 1.87 bits per heavy atom. The molecule has 0 saturated carbocycles. The van der Waals surface area contributed by atoms with Gasteiger partial charge >= 0.3 is 0 Å². The lowest BCUT2D eigenvalue weighted by molar-refractivity contribution is -0.125. The van der Waals surface area contributed by atoms with E-state index in [0.29, 0.717) is 11.5 Å². The molecular weight excluding hydrogens is 208 g/mol. The number of thiocarbonyl (C=S) groups is 1. The number of hydrogen-bond acceptors (Lipinski definition) is 2. The predicted molar refractivity (Wildman–Crippen MR) is 67.6 cm³/mol. The molecule has 0 spiro atoms. The Morgan fingerprint density at radius 3 is 2.20 bits per heavy atom. The molecule has 0 fully saturated rings. The maximum atomic E-state index is 11.7. The van der Waals surface area contributed by atoms with Gasteiger partial charge in [0.05, 0.1) is 4.99 Å². The second-order valence-corrected chi connectivity index (χ2v) is 4.92. The first-order valence-corrected chi connectivity index (χ1v) is 5.83. The molecule has 4 heteroatoms. The zero-order valence-electron chi connectivity index (χ0n) is 10.1. The molecule has 0 atom stereocenters. The first-order valence-electron chi connectivity index (χ1n) is 5.42. The lowest BCUT2D eigenvalue weighted by atomic mass is 9.93. The van der Waals surface area contributed by atoms with Crippen LogP contribution in [0.1, 0.15) is 40.5 Å². The van der Waals surface area contributed by atoms with E-state index in [-0.39, 0.29) is 17.2 Å². The topological polar surface area (TPSA) is 55.1 Å². The summed E-state index contributed by atoms with van der Waals surface area (Å²) < 4.78 is 0. The second kappa shape index (κ2) is 6.05. The summed E-state index contributed by atoms with van der Waals surface area (Å²) in [7, 11) is 0. The number of hydrogen-bond donors (Lipinski definition) is 2. The van der Waals surface area contributed by atoms with Crippen molar-refractivity contribution in [2.24, 2.45) is 17.1 Å². The predicted octanol–water partition coefficient (Wildman–Crippen LogP) is 1.85. The Kier molecular flexibility index (Phi) is 5.80. The van der Waals surface area contributed by atoms with E-state index in [1.807, 2.05) is 27.7 Å². The minimum absolute atomic E-state index is 0.101. The highest BCUT2D eigenvalue weighted by molar-refractivity contribution is 7.80. The molecule has 0 heterocycles. The van der Waals surface area contributed by atoms with Crippen LogP contribution in [0.15, 0.2) is 0 Å². The van der Waals surface area contributed by atoms with Crippen LogP contribution in [0.5, 0.6) is 0 Å². The van der Waals surface area contributed by atoms with E-state index in [9.17, 15) is 4.79 Å². The minimum atomic E-state index is -0.309. The molecule has 0 aliphatic rings. The molecule has 0 aromatic heterocycles.